The number of anilines is 2. The summed E-state index contributed by atoms with van der Waals surface area (Å²) in [6.07, 6.45) is 2.53. The molecule has 2 aromatic carbocycles. The van der Waals surface area contributed by atoms with Gasteiger partial charge in [0, 0.05) is 18.3 Å². The third-order valence-corrected chi connectivity index (χ3v) is 5.15. The topological polar surface area (TPSA) is 72.8 Å². The van der Waals surface area contributed by atoms with Crippen LogP contribution in [0.2, 0.25) is 0 Å². The van der Waals surface area contributed by atoms with Crippen LogP contribution in [0.15, 0.2) is 66.9 Å². The number of fused-ring (bicyclic) bond motifs is 1. The van der Waals surface area contributed by atoms with Crippen LogP contribution >= 0.6 is 0 Å². The Hall–Kier alpha value is -3.43. The molecule has 0 radical (unpaired) electrons. The smallest absolute Gasteiger partial charge is 0.149 e. The number of halogens is 1. The normalized spacial score (nSPS) is 16.1. The van der Waals surface area contributed by atoms with Crippen molar-refractivity contribution in [3.8, 4) is 6.07 Å². The van der Waals surface area contributed by atoms with Gasteiger partial charge in [0.25, 0.3) is 0 Å². The highest BCUT2D eigenvalue weighted by molar-refractivity contribution is 5.67. The monoisotopic (exact) mass is 387 g/mol. The molecule has 0 amide bonds. The van der Waals surface area contributed by atoms with Crippen LogP contribution in [0, 0.1) is 17.1 Å². The Morgan fingerprint density at radius 3 is 2.76 bits per heavy atom. The number of hydrogen-bond acceptors (Lipinski definition) is 5. The van der Waals surface area contributed by atoms with Crippen molar-refractivity contribution in [2.45, 2.75) is 18.5 Å². The lowest BCUT2D eigenvalue weighted by molar-refractivity contribution is 0.451. The van der Waals surface area contributed by atoms with Crippen LogP contribution in [0.3, 0.4) is 0 Å². The molecule has 2 atom stereocenters. The zero-order valence-electron chi connectivity index (χ0n) is 15.9. The quantitative estimate of drug-likeness (QED) is 0.599. The Bertz CT molecular complexity index is 1010. The minimum absolute atomic E-state index is 0.0599. The maximum Gasteiger partial charge on any atom is 0.149 e. The van der Waals surface area contributed by atoms with Crippen molar-refractivity contribution < 1.29 is 4.39 Å². The van der Waals surface area contributed by atoms with E-state index in [0.29, 0.717) is 24.2 Å². The van der Waals surface area contributed by atoms with Gasteiger partial charge in [0.15, 0.2) is 0 Å². The fourth-order valence-corrected chi connectivity index (χ4v) is 3.62. The van der Waals surface area contributed by atoms with E-state index in [4.69, 9.17) is 5.26 Å². The standard InChI is InChI=1S/C23H22FN5/c24-19-5-2-1-4-18(19)22(21-15-28-20-6-3-12-27-23(20)29-21)26-13-11-16-7-9-17(14-25)10-8-16/h1-10,12,21-22,26,28H,11,13,15H2,(H,27,29)/t21-,22?/m1/s1. The summed E-state index contributed by atoms with van der Waals surface area (Å²) in [7, 11) is 0. The Morgan fingerprint density at radius 1 is 1.14 bits per heavy atom. The average Bonchev–Trinajstić information content (AvgIpc) is 2.77. The van der Waals surface area contributed by atoms with Crippen LogP contribution in [-0.4, -0.2) is 24.1 Å². The molecule has 6 heteroatoms. The molecule has 3 N–H and O–H groups in total. The lowest BCUT2D eigenvalue weighted by atomic mass is 9.96. The van der Waals surface area contributed by atoms with Gasteiger partial charge >= 0.3 is 0 Å². The van der Waals surface area contributed by atoms with Crippen molar-refractivity contribution in [2.24, 2.45) is 0 Å². The van der Waals surface area contributed by atoms with Crippen LogP contribution in [0.4, 0.5) is 15.9 Å². The zero-order valence-corrected chi connectivity index (χ0v) is 15.9. The second-order valence-electron chi connectivity index (χ2n) is 7.04. The van der Waals surface area contributed by atoms with Gasteiger partial charge in [-0.15, -0.1) is 0 Å². The van der Waals surface area contributed by atoms with E-state index in [1.165, 1.54) is 6.07 Å². The first-order valence-electron chi connectivity index (χ1n) is 9.67. The molecule has 0 saturated carbocycles. The molecule has 0 spiro atoms. The number of nitriles is 1. The molecule has 1 unspecified atom stereocenters. The fraction of sp³-hybridized carbons (Fsp3) is 0.217. The van der Waals surface area contributed by atoms with Gasteiger partial charge in [-0.3, -0.25) is 0 Å². The van der Waals surface area contributed by atoms with Crippen molar-refractivity contribution in [1.29, 1.82) is 5.26 Å². The van der Waals surface area contributed by atoms with E-state index < -0.39 is 0 Å². The summed E-state index contributed by atoms with van der Waals surface area (Å²) >= 11 is 0. The summed E-state index contributed by atoms with van der Waals surface area (Å²) in [5.74, 6) is 0.552. The highest BCUT2D eigenvalue weighted by Gasteiger charge is 2.28. The molecular weight excluding hydrogens is 365 g/mol. The molecule has 29 heavy (non-hydrogen) atoms. The van der Waals surface area contributed by atoms with Crippen molar-refractivity contribution in [2.75, 3.05) is 23.7 Å². The van der Waals surface area contributed by atoms with Gasteiger partial charge in [-0.25, -0.2) is 9.37 Å². The lowest BCUT2D eigenvalue weighted by Crippen LogP contribution is -2.45. The van der Waals surface area contributed by atoms with Crippen LogP contribution in [0.5, 0.6) is 0 Å². The van der Waals surface area contributed by atoms with Gasteiger partial charge in [0.2, 0.25) is 0 Å². The molecule has 1 aromatic heterocycles. The second-order valence-corrected chi connectivity index (χ2v) is 7.04. The summed E-state index contributed by atoms with van der Waals surface area (Å²) < 4.78 is 14.6. The Kier molecular flexibility index (Phi) is 5.68. The molecule has 0 bridgehead atoms. The summed E-state index contributed by atoms with van der Waals surface area (Å²) in [6, 6.07) is 20.1. The third-order valence-electron chi connectivity index (χ3n) is 5.15. The Labute approximate surface area is 169 Å². The number of hydrogen-bond donors (Lipinski definition) is 3. The molecule has 146 valence electrons. The van der Waals surface area contributed by atoms with Crippen molar-refractivity contribution in [3.05, 3.63) is 89.4 Å². The fourth-order valence-electron chi connectivity index (χ4n) is 3.62. The molecule has 0 saturated heterocycles. The van der Waals surface area contributed by atoms with Gasteiger partial charge < -0.3 is 16.0 Å². The maximum absolute atomic E-state index is 14.6. The molecule has 0 aliphatic carbocycles. The number of rotatable bonds is 6. The number of nitrogens with one attached hydrogen (secondary N) is 3. The van der Waals surface area contributed by atoms with Gasteiger partial charge in [-0.05, 0) is 48.9 Å². The first kappa shape index (κ1) is 18.9. The third kappa shape index (κ3) is 4.36. The average molecular weight is 387 g/mol. The first-order chi connectivity index (χ1) is 14.2. The minimum atomic E-state index is -0.225. The van der Waals surface area contributed by atoms with Gasteiger partial charge in [-0.2, -0.15) is 5.26 Å². The lowest BCUT2D eigenvalue weighted by Gasteiger charge is -2.34. The highest BCUT2D eigenvalue weighted by Crippen LogP contribution is 2.29. The van der Waals surface area contributed by atoms with E-state index in [2.05, 4.69) is 27.0 Å². The van der Waals surface area contributed by atoms with Crippen LogP contribution in [-0.2, 0) is 6.42 Å². The molecule has 5 nitrogen and oxygen atoms in total. The van der Waals surface area contributed by atoms with E-state index in [1.807, 2.05) is 48.5 Å². The van der Waals surface area contributed by atoms with E-state index in [9.17, 15) is 4.39 Å². The predicted octanol–water partition coefficient (Wildman–Crippen LogP) is 3.87. The first-order valence-corrected chi connectivity index (χ1v) is 9.67. The molecule has 1 aliphatic heterocycles. The second kappa shape index (κ2) is 8.72. The molecule has 4 rings (SSSR count). The number of pyridine rings is 1. The minimum Gasteiger partial charge on any atom is -0.380 e. The Morgan fingerprint density at radius 2 is 1.97 bits per heavy atom. The summed E-state index contributed by atoms with van der Waals surface area (Å²) in [5.41, 5.74) is 3.36. The van der Waals surface area contributed by atoms with E-state index >= 15 is 0 Å². The molecule has 1 aliphatic rings. The largest absolute Gasteiger partial charge is 0.380 e. The maximum atomic E-state index is 14.6. The SMILES string of the molecule is N#Cc1ccc(CCNC(c2ccccc2F)[C@H]2CNc3cccnc3N2)cc1. The summed E-state index contributed by atoms with van der Waals surface area (Å²) in [6.45, 7) is 1.33. The molecule has 3 aromatic rings. The predicted molar refractivity (Wildman–Crippen MR) is 112 cm³/mol. The number of benzene rings is 2. The zero-order chi connectivity index (χ0) is 20.1. The van der Waals surface area contributed by atoms with Gasteiger partial charge in [-0.1, -0.05) is 30.3 Å². The van der Waals surface area contributed by atoms with Crippen LogP contribution < -0.4 is 16.0 Å². The van der Waals surface area contributed by atoms with E-state index in [-0.39, 0.29) is 17.9 Å². The van der Waals surface area contributed by atoms with Gasteiger partial charge in [0.1, 0.15) is 11.6 Å². The van der Waals surface area contributed by atoms with E-state index in [1.54, 1.807) is 12.3 Å². The molecule has 0 fully saturated rings. The summed E-state index contributed by atoms with van der Waals surface area (Å²) in [5, 5.41) is 19.3. The van der Waals surface area contributed by atoms with Crippen molar-refractivity contribution >= 4 is 11.5 Å². The highest BCUT2D eigenvalue weighted by atomic mass is 19.1. The van der Waals surface area contributed by atoms with Crippen LogP contribution in [0.1, 0.15) is 22.7 Å². The Balaban J connectivity index is 1.50. The van der Waals surface area contributed by atoms with Gasteiger partial charge in [0.05, 0.1) is 29.4 Å². The summed E-state index contributed by atoms with van der Waals surface area (Å²) in [4.78, 5) is 4.39. The molecule has 2 heterocycles. The van der Waals surface area contributed by atoms with Crippen LogP contribution in [0.25, 0.3) is 0 Å². The van der Waals surface area contributed by atoms with Crippen molar-refractivity contribution in [3.63, 3.8) is 0 Å². The van der Waals surface area contributed by atoms with E-state index in [0.717, 1.165) is 23.5 Å². The number of aromatic nitrogens is 1. The number of nitrogens with zero attached hydrogens (tertiary/aromatic N) is 2. The van der Waals surface area contributed by atoms with Crippen molar-refractivity contribution in [1.82, 2.24) is 10.3 Å². The molecular formula is C23H22FN5.